The maximum atomic E-state index is 11.6. The first-order chi connectivity index (χ1) is 13.6. The summed E-state index contributed by atoms with van der Waals surface area (Å²) in [6.45, 7) is 3.33. The topological polar surface area (TPSA) is 102 Å². The molecule has 8 nitrogen and oxygen atoms in total. The standard InChI is InChI=1S/C20H21N5O3/c1-13-9-21-20(24-18(13)16-6-2-3-7-17(16)19(26)27)23-14-10-22-25(11-14)15-5-4-8-28-12-15/h2-3,6-7,9-11,15H,4-5,8,12H2,1H3,(H,26,27)(H,21,23,24). The van der Waals surface area contributed by atoms with E-state index in [-0.39, 0.29) is 11.6 Å². The van der Waals surface area contributed by atoms with Crippen LogP contribution in [0.3, 0.4) is 0 Å². The number of carboxylic acids is 1. The molecule has 1 aliphatic heterocycles. The third kappa shape index (κ3) is 3.72. The predicted molar refractivity (Wildman–Crippen MR) is 104 cm³/mol. The maximum absolute atomic E-state index is 11.6. The second-order valence-corrected chi connectivity index (χ2v) is 6.78. The zero-order valence-corrected chi connectivity index (χ0v) is 15.5. The SMILES string of the molecule is Cc1cnc(Nc2cnn(C3CCCOC3)c2)nc1-c1ccccc1C(=O)O. The lowest BCUT2D eigenvalue weighted by molar-refractivity contribution is 0.0549. The van der Waals surface area contributed by atoms with Crippen LogP contribution in [0.5, 0.6) is 0 Å². The molecule has 1 saturated heterocycles. The normalized spacial score (nSPS) is 16.7. The van der Waals surface area contributed by atoms with Crippen LogP contribution in [0.2, 0.25) is 0 Å². The molecule has 1 unspecified atom stereocenters. The lowest BCUT2D eigenvalue weighted by Crippen LogP contribution is -2.21. The minimum Gasteiger partial charge on any atom is -0.478 e. The Kier molecular flexibility index (Phi) is 5.03. The van der Waals surface area contributed by atoms with E-state index in [1.807, 2.05) is 17.8 Å². The lowest BCUT2D eigenvalue weighted by atomic mass is 10.0. The van der Waals surface area contributed by atoms with Crippen molar-refractivity contribution in [2.45, 2.75) is 25.8 Å². The van der Waals surface area contributed by atoms with Gasteiger partial charge in [0.2, 0.25) is 5.95 Å². The highest BCUT2D eigenvalue weighted by Gasteiger charge is 2.18. The van der Waals surface area contributed by atoms with Crippen LogP contribution in [0.15, 0.2) is 42.9 Å². The van der Waals surface area contributed by atoms with E-state index in [1.165, 1.54) is 0 Å². The highest BCUT2D eigenvalue weighted by atomic mass is 16.5. The lowest BCUT2D eigenvalue weighted by Gasteiger charge is -2.22. The summed E-state index contributed by atoms with van der Waals surface area (Å²) < 4.78 is 7.42. The molecule has 0 spiro atoms. The van der Waals surface area contributed by atoms with Crippen LogP contribution in [0.4, 0.5) is 11.6 Å². The summed E-state index contributed by atoms with van der Waals surface area (Å²) in [6.07, 6.45) is 7.39. The third-order valence-electron chi connectivity index (χ3n) is 4.75. The van der Waals surface area contributed by atoms with Crippen LogP contribution >= 0.6 is 0 Å². The largest absolute Gasteiger partial charge is 0.478 e. The van der Waals surface area contributed by atoms with E-state index in [2.05, 4.69) is 20.4 Å². The third-order valence-corrected chi connectivity index (χ3v) is 4.75. The maximum Gasteiger partial charge on any atom is 0.336 e. The number of carboxylic acid groups (broad SMARTS) is 1. The van der Waals surface area contributed by atoms with Crippen LogP contribution in [-0.2, 0) is 4.74 Å². The molecular formula is C20H21N5O3. The van der Waals surface area contributed by atoms with Gasteiger partial charge in [0.05, 0.1) is 35.8 Å². The van der Waals surface area contributed by atoms with Crippen molar-refractivity contribution >= 4 is 17.6 Å². The van der Waals surface area contributed by atoms with E-state index in [9.17, 15) is 9.90 Å². The first-order valence-electron chi connectivity index (χ1n) is 9.17. The highest BCUT2D eigenvalue weighted by Crippen LogP contribution is 2.27. The molecule has 1 aromatic carbocycles. The number of ether oxygens (including phenoxy) is 1. The summed E-state index contributed by atoms with van der Waals surface area (Å²) in [7, 11) is 0. The Labute approximate surface area is 162 Å². The fourth-order valence-corrected chi connectivity index (χ4v) is 3.31. The molecule has 1 fully saturated rings. The molecule has 4 rings (SSSR count). The summed E-state index contributed by atoms with van der Waals surface area (Å²) in [6, 6.07) is 7.06. The van der Waals surface area contributed by atoms with Crippen molar-refractivity contribution in [2.24, 2.45) is 0 Å². The van der Waals surface area contributed by atoms with E-state index in [0.29, 0.717) is 23.8 Å². The monoisotopic (exact) mass is 379 g/mol. The first-order valence-corrected chi connectivity index (χ1v) is 9.17. The summed E-state index contributed by atoms with van der Waals surface area (Å²) in [4.78, 5) is 20.4. The molecule has 8 heteroatoms. The van der Waals surface area contributed by atoms with Crippen LogP contribution in [0.25, 0.3) is 11.3 Å². The second kappa shape index (κ2) is 7.77. The van der Waals surface area contributed by atoms with Gasteiger partial charge in [0.25, 0.3) is 0 Å². The predicted octanol–water partition coefficient (Wildman–Crippen LogP) is 3.44. The smallest absolute Gasteiger partial charge is 0.336 e. The minimum absolute atomic E-state index is 0.209. The van der Waals surface area contributed by atoms with Crippen molar-refractivity contribution < 1.29 is 14.6 Å². The average molecular weight is 379 g/mol. The van der Waals surface area contributed by atoms with E-state index in [0.717, 1.165) is 30.7 Å². The number of nitrogens with zero attached hydrogens (tertiary/aromatic N) is 4. The molecular weight excluding hydrogens is 358 g/mol. The van der Waals surface area contributed by atoms with Crippen LogP contribution in [0, 0.1) is 6.92 Å². The molecule has 1 aliphatic rings. The molecule has 1 atom stereocenters. The summed E-state index contributed by atoms with van der Waals surface area (Å²) in [5, 5.41) is 17.0. The number of aromatic nitrogens is 4. The van der Waals surface area contributed by atoms with Gasteiger partial charge in [0.1, 0.15) is 0 Å². The highest BCUT2D eigenvalue weighted by molar-refractivity contribution is 5.95. The zero-order valence-electron chi connectivity index (χ0n) is 15.5. The van der Waals surface area contributed by atoms with Gasteiger partial charge in [-0.3, -0.25) is 4.68 Å². The van der Waals surface area contributed by atoms with Crippen LogP contribution < -0.4 is 5.32 Å². The van der Waals surface area contributed by atoms with Crippen molar-refractivity contribution in [3.8, 4) is 11.3 Å². The van der Waals surface area contributed by atoms with Crippen molar-refractivity contribution in [1.29, 1.82) is 0 Å². The van der Waals surface area contributed by atoms with E-state index < -0.39 is 5.97 Å². The van der Waals surface area contributed by atoms with Crippen molar-refractivity contribution in [3.63, 3.8) is 0 Å². The van der Waals surface area contributed by atoms with Gasteiger partial charge in [-0.1, -0.05) is 18.2 Å². The molecule has 3 aromatic rings. The van der Waals surface area contributed by atoms with Gasteiger partial charge in [-0.25, -0.2) is 14.8 Å². The number of hydrogen-bond donors (Lipinski definition) is 2. The molecule has 0 saturated carbocycles. The second-order valence-electron chi connectivity index (χ2n) is 6.78. The molecule has 2 N–H and O–H groups in total. The number of benzene rings is 1. The molecule has 0 bridgehead atoms. The molecule has 0 radical (unpaired) electrons. The number of hydrogen-bond acceptors (Lipinski definition) is 6. The van der Waals surface area contributed by atoms with E-state index in [1.54, 1.807) is 36.7 Å². The van der Waals surface area contributed by atoms with Crippen LogP contribution in [-0.4, -0.2) is 44.0 Å². The van der Waals surface area contributed by atoms with Crippen molar-refractivity contribution in [3.05, 3.63) is 54.0 Å². The fourth-order valence-electron chi connectivity index (χ4n) is 3.31. The number of rotatable bonds is 5. The Morgan fingerprint density at radius 3 is 2.96 bits per heavy atom. The Morgan fingerprint density at radius 1 is 1.32 bits per heavy atom. The summed E-state index contributed by atoms with van der Waals surface area (Å²) >= 11 is 0. The summed E-state index contributed by atoms with van der Waals surface area (Å²) in [5.41, 5.74) is 2.93. The zero-order chi connectivity index (χ0) is 19.5. The van der Waals surface area contributed by atoms with E-state index >= 15 is 0 Å². The minimum atomic E-state index is -0.987. The number of aryl methyl sites for hydroxylation is 1. The van der Waals surface area contributed by atoms with Gasteiger partial charge in [-0.15, -0.1) is 0 Å². The molecule has 144 valence electrons. The van der Waals surface area contributed by atoms with Gasteiger partial charge in [0, 0.05) is 24.6 Å². The molecule has 28 heavy (non-hydrogen) atoms. The van der Waals surface area contributed by atoms with E-state index in [4.69, 9.17) is 4.74 Å². The molecule has 2 aromatic heterocycles. The fraction of sp³-hybridized carbons (Fsp3) is 0.300. The first kappa shape index (κ1) is 18.1. The Morgan fingerprint density at radius 2 is 2.18 bits per heavy atom. The van der Waals surface area contributed by atoms with Crippen molar-refractivity contribution in [1.82, 2.24) is 19.7 Å². The van der Waals surface area contributed by atoms with Gasteiger partial charge >= 0.3 is 5.97 Å². The summed E-state index contributed by atoms with van der Waals surface area (Å²) in [5.74, 6) is -0.598. The van der Waals surface area contributed by atoms with Gasteiger partial charge in [-0.05, 0) is 31.4 Å². The molecule has 0 aliphatic carbocycles. The quantitative estimate of drug-likeness (QED) is 0.700. The molecule has 0 amide bonds. The van der Waals surface area contributed by atoms with Crippen molar-refractivity contribution in [2.75, 3.05) is 18.5 Å². The number of anilines is 2. The Bertz CT molecular complexity index is 995. The average Bonchev–Trinajstić information content (AvgIpc) is 3.18. The Balaban J connectivity index is 1.60. The number of aromatic carboxylic acids is 1. The van der Waals surface area contributed by atoms with Gasteiger partial charge in [-0.2, -0.15) is 5.10 Å². The number of carbonyl (C=O) groups is 1. The van der Waals surface area contributed by atoms with Gasteiger partial charge < -0.3 is 15.2 Å². The van der Waals surface area contributed by atoms with Crippen LogP contribution in [0.1, 0.15) is 34.8 Å². The molecule has 3 heterocycles. The number of nitrogens with one attached hydrogen (secondary N) is 1. The Hall–Kier alpha value is -3.26. The van der Waals surface area contributed by atoms with Gasteiger partial charge in [0.15, 0.2) is 0 Å².